The second-order valence-corrected chi connectivity index (χ2v) is 4.50. The summed E-state index contributed by atoms with van der Waals surface area (Å²) >= 11 is 0. The molecule has 0 aromatic carbocycles. The van der Waals surface area contributed by atoms with Crippen LogP contribution in [-0.4, -0.2) is 43.3 Å². The van der Waals surface area contributed by atoms with Gasteiger partial charge < -0.3 is 10.5 Å². The van der Waals surface area contributed by atoms with Gasteiger partial charge in [0.25, 0.3) is 0 Å². The number of nitrogens with two attached hydrogens (primary N) is 1. The minimum absolute atomic E-state index is 0.105. The monoisotopic (exact) mass is 216 g/mol. The molecule has 0 saturated heterocycles. The number of ether oxygens (including phenoxy) is 1. The summed E-state index contributed by atoms with van der Waals surface area (Å²) in [5.41, 5.74) is 6.01. The first kappa shape index (κ1) is 14.9. The first-order valence-electron chi connectivity index (χ1n) is 6.01. The molecule has 0 aromatic heterocycles. The lowest BCUT2D eigenvalue weighted by Gasteiger charge is -2.43. The number of methoxy groups -OCH3 is 1. The Morgan fingerprint density at radius 1 is 1.40 bits per heavy atom. The van der Waals surface area contributed by atoms with Crippen molar-refractivity contribution in [2.75, 3.05) is 26.8 Å². The summed E-state index contributed by atoms with van der Waals surface area (Å²) in [6.45, 7) is 11.4. The highest BCUT2D eigenvalue weighted by molar-refractivity contribution is 4.88. The molecule has 0 spiro atoms. The number of hydrogen-bond donors (Lipinski definition) is 1. The van der Waals surface area contributed by atoms with Crippen molar-refractivity contribution in [1.29, 1.82) is 0 Å². The fourth-order valence-electron chi connectivity index (χ4n) is 1.90. The zero-order valence-electron chi connectivity index (χ0n) is 11.0. The van der Waals surface area contributed by atoms with Crippen molar-refractivity contribution in [3.8, 4) is 0 Å². The van der Waals surface area contributed by atoms with E-state index in [1.54, 1.807) is 7.11 Å². The summed E-state index contributed by atoms with van der Waals surface area (Å²) in [7, 11) is 1.75. The van der Waals surface area contributed by atoms with Crippen molar-refractivity contribution in [2.24, 2.45) is 5.73 Å². The van der Waals surface area contributed by atoms with Crippen molar-refractivity contribution in [1.82, 2.24) is 4.90 Å². The molecule has 92 valence electrons. The van der Waals surface area contributed by atoms with E-state index >= 15 is 0 Å². The van der Waals surface area contributed by atoms with Gasteiger partial charge in [-0.1, -0.05) is 13.8 Å². The number of hydrogen-bond acceptors (Lipinski definition) is 3. The molecule has 15 heavy (non-hydrogen) atoms. The average Bonchev–Trinajstić information content (AvgIpc) is 2.28. The molecule has 0 amide bonds. The molecule has 3 heteroatoms. The van der Waals surface area contributed by atoms with E-state index in [1.807, 2.05) is 0 Å². The van der Waals surface area contributed by atoms with E-state index in [4.69, 9.17) is 10.5 Å². The van der Waals surface area contributed by atoms with Crippen LogP contribution >= 0.6 is 0 Å². The second kappa shape index (κ2) is 7.20. The van der Waals surface area contributed by atoms with Gasteiger partial charge in [0.1, 0.15) is 0 Å². The van der Waals surface area contributed by atoms with E-state index in [1.165, 1.54) is 0 Å². The van der Waals surface area contributed by atoms with Crippen LogP contribution < -0.4 is 5.73 Å². The Labute approximate surface area is 95.0 Å². The molecular weight excluding hydrogens is 188 g/mol. The van der Waals surface area contributed by atoms with E-state index in [-0.39, 0.29) is 5.54 Å². The molecule has 0 aliphatic carbocycles. The van der Waals surface area contributed by atoms with Crippen LogP contribution in [0.3, 0.4) is 0 Å². The van der Waals surface area contributed by atoms with Gasteiger partial charge in [0.15, 0.2) is 0 Å². The lowest BCUT2D eigenvalue weighted by atomic mass is 9.94. The fourth-order valence-corrected chi connectivity index (χ4v) is 1.90. The van der Waals surface area contributed by atoms with Crippen LogP contribution in [0.4, 0.5) is 0 Å². The molecule has 2 N–H and O–H groups in total. The van der Waals surface area contributed by atoms with Gasteiger partial charge in [0, 0.05) is 31.8 Å². The maximum Gasteiger partial charge on any atom is 0.0590 e. The topological polar surface area (TPSA) is 38.5 Å². The quantitative estimate of drug-likeness (QED) is 0.673. The zero-order valence-corrected chi connectivity index (χ0v) is 11.0. The van der Waals surface area contributed by atoms with Crippen molar-refractivity contribution in [3.05, 3.63) is 0 Å². The van der Waals surface area contributed by atoms with Gasteiger partial charge in [-0.2, -0.15) is 0 Å². The summed E-state index contributed by atoms with van der Waals surface area (Å²) in [6.07, 6.45) is 2.23. The maximum atomic E-state index is 5.90. The van der Waals surface area contributed by atoms with Gasteiger partial charge in [0.05, 0.1) is 6.61 Å². The first-order chi connectivity index (χ1) is 7.05. The Kier molecular flexibility index (Phi) is 7.14. The lowest BCUT2D eigenvalue weighted by molar-refractivity contribution is 0.0352. The highest BCUT2D eigenvalue weighted by Crippen LogP contribution is 2.22. The Hall–Kier alpha value is -0.120. The smallest absolute Gasteiger partial charge is 0.0590 e. The SMILES string of the molecule is CCC(C)N(CCOC)C(C)(CC)CN. The van der Waals surface area contributed by atoms with E-state index in [2.05, 4.69) is 32.6 Å². The van der Waals surface area contributed by atoms with Gasteiger partial charge in [-0.25, -0.2) is 0 Å². The highest BCUT2D eigenvalue weighted by atomic mass is 16.5. The highest BCUT2D eigenvalue weighted by Gasteiger charge is 2.30. The minimum Gasteiger partial charge on any atom is -0.383 e. The van der Waals surface area contributed by atoms with Gasteiger partial charge in [-0.15, -0.1) is 0 Å². The Morgan fingerprint density at radius 2 is 2.00 bits per heavy atom. The van der Waals surface area contributed by atoms with E-state index in [0.717, 1.165) is 26.0 Å². The van der Waals surface area contributed by atoms with Crippen LogP contribution in [0, 0.1) is 0 Å². The summed E-state index contributed by atoms with van der Waals surface area (Å²) in [4.78, 5) is 2.48. The molecule has 0 fully saturated rings. The lowest BCUT2D eigenvalue weighted by Crippen LogP contribution is -2.55. The molecule has 2 unspecified atom stereocenters. The average molecular weight is 216 g/mol. The molecule has 0 aliphatic rings. The molecule has 2 atom stereocenters. The van der Waals surface area contributed by atoms with E-state index < -0.39 is 0 Å². The first-order valence-corrected chi connectivity index (χ1v) is 6.01. The normalized spacial score (nSPS) is 17.8. The zero-order chi connectivity index (χ0) is 11.9. The molecule has 0 radical (unpaired) electrons. The molecule has 3 nitrogen and oxygen atoms in total. The Bertz CT molecular complexity index is 158. The summed E-state index contributed by atoms with van der Waals surface area (Å²) < 4.78 is 5.17. The van der Waals surface area contributed by atoms with Gasteiger partial charge >= 0.3 is 0 Å². The molecular formula is C12H28N2O. The van der Waals surface area contributed by atoms with E-state index in [0.29, 0.717) is 12.6 Å². The number of nitrogens with zero attached hydrogens (tertiary/aromatic N) is 1. The summed E-state index contributed by atoms with van der Waals surface area (Å²) in [5, 5.41) is 0. The largest absolute Gasteiger partial charge is 0.383 e. The van der Waals surface area contributed by atoms with Crippen LogP contribution in [0.15, 0.2) is 0 Å². The van der Waals surface area contributed by atoms with Crippen LogP contribution in [0.25, 0.3) is 0 Å². The molecule has 0 bridgehead atoms. The Balaban J connectivity index is 4.58. The summed E-state index contributed by atoms with van der Waals surface area (Å²) in [5.74, 6) is 0. The van der Waals surface area contributed by atoms with Gasteiger partial charge in [-0.3, -0.25) is 4.90 Å². The predicted molar refractivity (Wildman–Crippen MR) is 66.1 cm³/mol. The third-order valence-electron chi connectivity index (χ3n) is 3.55. The minimum atomic E-state index is 0.105. The van der Waals surface area contributed by atoms with Crippen molar-refractivity contribution < 1.29 is 4.74 Å². The third kappa shape index (κ3) is 4.09. The maximum absolute atomic E-state index is 5.90. The molecule has 0 aromatic rings. The van der Waals surface area contributed by atoms with Crippen molar-refractivity contribution in [3.63, 3.8) is 0 Å². The van der Waals surface area contributed by atoms with E-state index in [9.17, 15) is 0 Å². The van der Waals surface area contributed by atoms with Crippen LogP contribution in [0.2, 0.25) is 0 Å². The van der Waals surface area contributed by atoms with Crippen LogP contribution in [-0.2, 0) is 4.74 Å². The van der Waals surface area contributed by atoms with Crippen molar-refractivity contribution in [2.45, 2.75) is 52.1 Å². The molecule has 0 heterocycles. The van der Waals surface area contributed by atoms with Crippen LogP contribution in [0.5, 0.6) is 0 Å². The van der Waals surface area contributed by atoms with Crippen LogP contribution in [0.1, 0.15) is 40.5 Å². The second-order valence-electron chi connectivity index (χ2n) is 4.50. The molecule has 0 aliphatic heterocycles. The van der Waals surface area contributed by atoms with Gasteiger partial charge in [0.2, 0.25) is 0 Å². The van der Waals surface area contributed by atoms with Crippen molar-refractivity contribution >= 4 is 0 Å². The van der Waals surface area contributed by atoms with Gasteiger partial charge in [-0.05, 0) is 26.7 Å². The Morgan fingerprint density at radius 3 is 2.33 bits per heavy atom. The standard InChI is InChI=1S/C12H28N2O/c1-6-11(3)14(8-9-15-5)12(4,7-2)10-13/h11H,6-10,13H2,1-5H3. The number of rotatable bonds is 8. The fraction of sp³-hybridized carbons (Fsp3) is 1.00. The third-order valence-corrected chi connectivity index (χ3v) is 3.55. The summed E-state index contributed by atoms with van der Waals surface area (Å²) in [6, 6.07) is 0.564. The predicted octanol–water partition coefficient (Wildman–Crippen LogP) is 1.86. The molecule has 0 rings (SSSR count). The molecule has 0 saturated carbocycles.